The van der Waals surface area contributed by atoms with Crippen LogP contribution in [0.25, 0.3) is 5.57 Å². The maximum atomic E-state index is 14.0. The van der Waals surface area contributed by atoms with Gasteiger partial charge in [-0.25, -0.2) is 8.42 Å². The number of carbonyl (C=O) groups excluding carboxylic acids is 4. The number of hydrogen-bond acceptors (Lipinski definition) is 14. The summed E-state index contributed by atoms with van der Waals surface area (Å²) in [7, 11) is -5.18. The number of rotatable bonds is 17. The number of Topliss-reactive ketones (excluding diaryl/α,β-unsaturated/α-hetero) is 1. The lowest BCUT2D eigenvalue weighted by Crippen LogP contribution is -2.43. The second kappa shape index (κ2) is 17.1. The Morgan fingerprint density at radius 3 is 1.81 bits per heavy atom. The topological polar surface area (TPSA) is 259 Å². The fourth-order valence-corrected chi connectivity index (χ4v) is 6.99. The second-order valence-electron chi connectivity index (χ2n) is 13.3. The summed E-state index contributed by atoms with van der Waals surface area (Å²) in [6, 6.07) is 6.82. The van der Waals surface area contributed by atoms with Gasteiger partial charge in [0, 0.05) is 55.0 Å². The van der Waals surface area contributed by atoms with Gasteiger partial charge in [-0.1, -0.05) is 45.9 Å². The van der Waals surface area contributed by atoms with Gasteiger partial charge in [-0.15, -0.1) is 0 Å². The highest BCUT2D eigenvalue weighted by Gasteiger charge is 2.32. The van der Waals surface area contributed by atoms with Crippen LogP contribution >= 0.6 is 0 Å². The average Bonchev–Trinajstić information content (AvgIpc) is 3.01. The van der Waals surface area contributed by atoms with E-state index in [1.54, 1.807) is 33.8 Å². The zero-order valence-electron chi connectivity index (χ0n) is 30.0. The van der Waals surface area contributed by atoms with Crippen molar-refractivity contribution < 1.29 is 62.5 Å². The standard InChI is InChI=1S/C37H44N2O13S/c1-19(2)24-11-26(21(5)28(36(24)48)13-38(15-31(40)41)16-32(42)43)35(23-9-7-8-10-30(23)53(50,51)52)27-12-25(20(3)4)37(49)29(22(27)6)14-39(17-33(44)45)18-34(46)47/h7-12,19-20,48H,13-18H2,1-6H3,(H,40,41)(H,42,43)(H,44,45)(H,46,47)(H,50,51,52)/p-4. The van der Waals surface area contributed by atoms with Crippen molar-refractivity contribution in [3.63, 3.8) is 0 Å². The molecule has 0 radical (unpaired) electrons. The minimum absolute atomic E-state index is 0.0107. The van der Waals surface area contributed by atoms with Crippen LogP contribution in [0.4, 0.5) is 0 Å². The highest BCUT2D eigenvalue weighted by molar-refractivity contribution is 7.85. The van der Waals surface area contributed by atoms with Crippen LogP contribution in [0.1, 0.15) is 68.4 Å². The van der Waals surface area contributed by atoms with E-state index >= 15 is 0 Å². The van der Waals surface area contributed by atoms with Crippen molar-refractivity contribution in [2.24, 2.45) is 5.92 Å². The maximum Gasteiger partial charge on any atom is 0.317 e. The molecular weight excluding hydrogens is 712 g/mol. The van der Waals surface area contributed by atoms with E-state index < -0.39 is 95.8 Å². The molecule has 2 N–H and O–H groups in total. The van der Waals surface area contributed by atoms with E-state index in [9.17, 15) is 62.5 Å². The van der Waals surface area contributed by atoms with E-state index in [2.05, 4.69) is 0 Å². The summed E-state index contributed by atoms with van der Waals surface area (Å²) in [5, 5.41) is 55.7. The van der Waals surface area contributed by atoms with Crippen LogP contribution in [-0.4, -0.2) is 95.4 Å². The van der Waals surface area contributed by atoms with Crippen molar-refractivity contribution in [1.82, 2.24) is 9.80 Å². The van der Waals surface area contributed by atoms with Crippen LogP contribution < -0.4 is 15.3 Å². The Bertz CT molecular complexity index is 2010. The number of allylic oxidation sites excluding steroid dienone is 4. The molecule has 3 rings (SSSR count). The van der Waals surface area contributed by atoms with Gasteiger partial charge in [0.2, 0.25) is 0 Å². The molecule has 2 aromatic carbocycles. The molecule has 53 heavy (non-hydrogen) atoms. The first kappa shape index (κ1) is 42.3. The minimum Gasteiger partial charge on any atom is -0.744 e. The molecule has 0 atom stereocenters. The lowest BCUT2D eigenvalue weighted by molar-refractivity contribution is -0.311. The zero-order valence-corrected chi connectivity index (χ0v) is 30.9. The fraction of sp³-hybridized carbons (Fsp3) is 0.378. The molecule has 1 aliphatic carbocycles. The molecule has 0 unspecified atom stereocenters. The van der Waals surface area contributed by atoms with Crippen LogP contribution in [0.3, 0.4) is 0 Å². The highest BCUT2D eigenvalue weighted by Crippen LogP contribution is 2.44. The van der Waals surface area contributed by atoms with Crippen molar-refractivity contribution >= 4 is 45.4 Å². The fourth-order valence-electron chi connectivity index (χ4n) is 6.30. The zero-order chi connectivity index (χ0) is 40.1. The van der Waals surface area contributed by atoms with E-state index in [4.69, 9.17) is 0 Å². The number of carbonyl (C=O) groups is 5. The van der Waals surface area contributed by atoms with Gasteiger partial charge >= 0.3 is 5.97 Å². The Balaban J connectivity index is 2.64. The van der Waals surface area contributed by atoms with E-state index in [1.807, 2.05) is 0 Å². The SMILES string of the molecule is CC1=C(CN(CC(=O)[O-])CC(=O)O)C(=O)C(C(C)C)=CC1=C(c1ccccc1S(=O)(=O)[O-])c1cc(C(C)C)c(O)c(CN(CC(=O)[O-])CC(=O)[O-])c1C. The first-order chi connectivity index (χ1) is 24.5. The summed E-state index contributed by atoms with van der Waals surface area (Å²) in [5.74, 6) is -7.91. The first-order valence-electron chi connectivity index (χ1n) is 16.4. The molecule has 0 saturated heterocycles. The van der Waals surface area contributed by atoms with Crippen molar-refractivity contribution in [2.75, 3.05) is 32.7 Å². The first-order valence-corrected chi connectivity index (χ1v) is 17.8. The van der Waals surface area contributed by atoms with E-state index in [0.717, 1.165) is 15.9 Å². The summed E-state index contributed by atoms with van der Waals surface area (Å²) in [5.41, 5.74) is 1.35. The third-order valence-corrected chi connectivity index (χ3v) is 9.69. The molecule has 0 spiro atoms. The molecule has 0 fully saturated rings. The Hall–Kier alpha value is -5.16. The predicted octanol–water partition coefficient (Wildman–Crippen LogP) is -0.550. The number of ketones is 1. The van der Waals surface area contributed by atoms with Gasteiger partial charge in [-0.2, -0.15) is 0 Å². The largest absolute Gasteiger partial charge is 0.744 e. The third kappa shape index (κ3) is 10.3. The van der Waals surface area contributed by atoms with Crippen LogP contribution in [0.2, 0.25) is 0 Å². The number of nitrogens with zero attached hydrogens (tertiary/aromatic N) is 2. The number of carboxylic acid groups (broad SMARTS) is 4. The molecule has 0 heterocycles. The van der Waals surface area contributed by atoms with E-state index in [-0.39, 0.29) is 61.4 Å². The summed E-state index contributed by atoms with van der Waals surface area (Å²) in [6.07, 6.45) is 1.51. The maximum absolute atomic E-state index is 14.0. The average molecular weight is 753 g/mol. The van der Waals surface area contributed by atoms with Gasteiger partial charge in [-0.05, 0) is 77.3 Å². The quantitative estimate of drug-likeness (QED) is 0.192. The van der Waals surface area contributed by atoms with Gasteiger partial charge in [0.1, 0.15) is 15.9 Å². The lowest BCUT2D eigenvalue weighted by atomic mass is 9.77. The van der Waals surface area contributed by atoms with Crippen molar-refractivity contribution in [2.45, 2.75) is 58.9 Å². The summed E-state index contributed by atoms with van der Waals surface area (Å²) in [4.78, 5) is 61.6. The van der Waals surface area contributed by atoms with Crippen molar-refractivity contribution in [1.29, 1.82) is 0 Å². The van der Waals surface area contributed by atoms with Gasteiger partial charge in [0.05, 0.1) is 29.3 Å². The van der Waals surface area contributed by atoms with Crippen molar-refractivity contribution in [3.8, 4) is 5.75 Å². The van der Waals surface area contributed by atoms with Gasteiger partial charge in [0.15, 0.2) is 5.78 Å². The number of benzene rings is 2. The number of aromatic hydroxyl groups is 1. The molecule has 16 heteroatoms. The summed E-state index contributed by atoms with van der Waals surface area (Å²) >= 11 is 0. The Labute approximate surface area is 306 Å². The lowest BCUT2D eigenvalue weighted by Gasteiger charge is -2.31. The van der Waals surface area contributed by atoms with Crippen molar-refractivity contribution in [3.05, 3.63) is 86.5 Å². The van der Waals surface area contributed by atoms with Gasteiger partial charge in [0.25, 0.3) is 0 Å². The number of phenols is 1. The number of hydrogen-bond donors (Lipinski definition) is 2. The normalized spacial score (nSPS) is 14.7. The number of aliphatic carboxylic acids is 4. The van der Waals surface area contributed by atoms with E-state index in [1.165, 1.54) is 38.1 Å². The predicted molar refractivity (Wildman–Crippen MR) is 182 cm³/mol. The van der Waals surface area contributed by atoms with Crippen LogP contribution in [0.15, 0.2) is 63.6 Å². The van der Waals surface area contributed by atoms with Crippen LogP contribution in [-0.2, 0) is 40.6 Å². The number of carboxylic acids is 4. The number of phenolic OH excluding ortho intramolecular Hbond substituents is 1. The second-order valence-corrected chi connectivity index (χ2v) is 14.7. The summed E-state index contributed by atoms with van der Waals surface area (Å²) < 4.78 is 38.3. The van der Waals surface area contributed by atoms with Gasteiger partial charge < -0.3 is 44.5 Å². The molecule has 286 valence electrons. The molecule has 0 saturated carbocycles. The van der Waals surface area contributed by atoms with E-state index in [0.29, 0.717) is 0 Å². The highest BCUT2D eigenvalue weighted by atomic mass is 32.2. The molecule has 0 aliphatic heterocycles. The minimum atomic E-state index is -5.18. The summed E-state index contributed by atoms with van der Waals surface area (Å²) in [6.45, 7) is 5.66. The molecular formula is C37H40N2O13S-4. The van der Waals surface area contributed by atoms with Crippen LogP contribution in [0.5, 0.6) is 5.75 Å². The Morgan fingerprint density at radius 2 is 1.34 bits per heavy atom. The molecule has 0 amide bonds. The Morgan fingerprint density at radius 1 is 0.811 bits per heavy atom. The monoisotopic (exact) mass is 752 g/mol. The van der Waals surface area contributed by atoms with Crippen LogP contribution in [0, 0.1) is 12.8 Å². The smallest absolute Gasteiger partial charge is 0.317 e. The molecule has 15 nitrogen and oxygen atoms in total. The molecule has 0 bridgehead atoms. The molecule has 2 aromatic rings. The third-order valence-electron chi connectivity index (χ3n) is 8.80. The van der Waals surface area contributed by atoms with Gasteiger partial charge in [-0.3, -0.25) is 19.4 Å². The molecule has 0 aromatic heterocycles. The Kier molecular flexibility index (Phi) is 13.6. The molecule has 1 aliphatic rings.